The van der Waals surface area contributed by atoms with Gasteiger partial charge in [-0.25, -0.2) is 13.2 Å². The van der Waals surface area contributed by atoms with Crippen LogP contribution >= 0.6 is 12.6 Å². The highest BCUT2D eigenvalue weighted by atomic mass is 32.1. The van der Waals surface area contributed by atoms with Gasteiger partial charge in [0.25, 0.3) is 0 Å². The molecule has 0 aromatic heterocycles. The van der Waals surface area contributed by atoms with Gasteiger partial charge in [0.15, 0.2) is 11.6 Å². The molecule has 0 radical (unpaired) electrons. The van der Waals surface area contributed by atoms with Gasteiger partial charge in [0.1, 0.15) is 5.82 Å². The van der Waals surface area contributed by atoms with E-state index in [0.717, 1.165) is 6.07 Å². The molecule has 0 saturated heterocycles. The lowest BCUT2D eigenvalue weighted by molar-refractivity contribution is 0.494. The maximum Gasteiger partial charge on any atom is 0.161 e. The van der Waals surface area contributed by atoms with Crippen LogP contribution in [-0.4, -0.2) is 5.75 Å². The zero-order valence-corrected chi connectivity index (χ0v) is 7.49. The molecule has 13 heavy (non-hydrogen) atoms. The minimum absolute atomic E-state index is 0.0213. The van der Waals surface area contributed by atoms with Gasteiger partial charge in [-0.15, -0.1) is 0 Å². The first-order valence-corrected chi connectivity index (χ1v) is 4.20. The van der Waals surface area contributed by atoms with Crippen LogP contribution in [0.25, 0.3) is 6.08 Å². The van der Waals surface area contributed by atoms with Crippen molar-refractivity contribution in [1.29, 1.82) is 0 Å². The SMILES string of the molecule is Fc1cc(F)c(C=CCS)cc1F. The van der Waals surface area contributed by atoms with Crippen molar-refractivity contribution in [1.82, 2.24) is 0 Å². The summed E-state index contributed by atoms with van der Waals surface area (Å²) in [6, 6.07) is 1.33. The summed E-state index contributed by atoms with van der Waals surface area (Å²) < 4.78 is 37.9. The fraction of sp³-hybridized carbons (Fsp3) is 0.111. The highest BCUT2D eigenvalue weighted by Crippen LogP contribution is 2.14. The molecule has 0 aliphatic carbocycles. The minimum atomic E-state index is -1.18. The first-order chi connectivity index (χ1) is 6.15. The molecule has 70 valence electrons. The van der Waals surface area contributed by atoms with Gasteiger partial charge >= 0.3 is 0 Å². The predicted octanol–water partition coefficient (Wildman–Crippen LogP) is 3.05. The second-order valence-electron chi connectivity index (χ2n) is 2.37. The van der Waals surface area contributed by atoms with E-state index in [2.05, 4.69) is 12.6 Å². The van der Waals surface area contributed by atoms with Crippen molar-refractivity contribution >= 4 is 18.7 Å². The van der Waals surface area contributed by atoms with Crippen molar-refractivity contribution in [3.8, 4) is 0 Å². The molecule has 0 nitrogen and oxygen atoms in total. The van der Waals surface area contributed by atoms with E-state index >= 15 is 0 Å². The van der Waals surface area contributed by atoms with Gasteiger partial charge in [0.2, 0.25) is 0 Å². The van der Waals surface area contributed by atoms with Gasteiger partial charge in [0, 0.05) is 17.4 Å². The summed E-state index contributed by atoms with van der Waals surface area (Å²) >= 11 is 3.85. The van der Waals surface area contributed by atoms with E-state index in [0.29, 0.717) is 11.8 Å². The van der Waals surface area contributed by atoms with Crippen LogP contribution < -0.4 is 0 Å². The van der Waals surface area contributed by atoms with Crippen LogP contribution in [-0.2, 0) is 0 Å². The maximum absolute atomic E-state index is 12.9. The van der Waals surface area contributed by atoms with E-state index in [1.807, 2.05) is 0 Å². The van der Waals surface area contributed by atoms with Gasteiger partial charge in [-0.05, 0) is 6.07 Å². The number of halogens is 3. The minimum Gasteiger partial charge on any atom is -0.206 e. The van der Waals surface area contributed by atoms with Gasteiger partial charge in [0.05, 0.1) is 0 Å². The summed E-state index contributed by atoms with van der Waals surface area (Å²) in [5, 5.41) is 0. The molecule has 1 rings (SSSR count). The van der Waals surface area contributed by atoms with Crippen molar-refractivity contribution in [2.75, 3.05) is 5.75 Å². The van der Waals surface area contributed by atoms with Crippen molar-refractivity contribution in [2.45, 2.75) is 0 Å². The topological polar surface area (TPSA) is 0 Å². The van der Waals surface area contributed by atoms with Crippen LogP contribution in [0.3, 0.4) is 0 Å². The predicted molar refractivity (Wildman–Crippen MR) is 49.2 cm³/mol. The average molecular weight is 204 g/mol. The Kier molecular flexibility index (Phi) is 3.42. The van der Waals surface area contributed by atoms with Gasteiger partial charge in [-0.3, -0.25) is 0 Å². The van der Waals surface area contributed by atoms with E-state index in [1.54, 1.807) is 6.08 Å². The zero-order chi connectivity index (χ0) is 9.84. The normalized spacial score (nSPS) is 11.1. The van der Waals surface area contributed by atoms with Crippen molar-refractivity contribution in [3.63, 3.8) is 0 Å². The van der Waals surface area contributed by atoms with Gasteiger partial charge in [-0.2, -0.15) is 12.6 Å². The first-order valence-electron chi connectivity index (χ1n) is 3.57. The fourth-order valence-corrected chi connectivity index (χ4v) is 0.951. The van der Waals surface area contributed by atoms with Crippen LogP contribution in [0.1, 0.15) is 5.56 Å². The Hall–Kier alpha value is -0.900. The molecule has 0 atom stereocenters. The first kappa shape index (κ1) is 10.2. The van der Waals surface area contributed by atoms with E-state index in [9.17, 15) is 13.2 Å². The molecule has 0 spiro atoms. The number of benzene rings is 1. The Morgan fingerprint density at radius 2 is 1.69 bits per heavy atom. The third-order valence-corrected chi connectivity index (χ3v) is 1.65. The summed E-state index contributed by atoms with van der Waals surface area (Å²) in [7, 11) is 0. The molecule has 0 heterocycles. The van der Waals surface area contributed by atoms with Crippen LogP contribution in [0.4, 0.5) is 13.2 Å². The number of rotatable bonds is 2. The third-order valence-electron chi connectivity index (χ3n) is 1.44. The fourth-order valence-electron chi connectivity index (χ4n) is 0.845. The lowest BCUT2D eigenvalue weighted by Gasteiger charge is -1.97. The Morgan fingerprint density at radius 3 is 2.31 bits per heavy atom. The molecule has 0 unspecified atom stereocenters. The molecule has 0 aliphatic rings. The second kappa shape index (κ2) is 4.37. The van der Waals surface area contributed by atoms with Crippen LogP contribution in [0.2, 0.25) is 0 Å². The van der Waals surface area contributed by atoms with Crippen molar-refractivity contribution in [3.05, 3.63) is 41.2 Å². The molecule has 0 fully saturated rings. The Labute approximate surface area is 79.5 Å². The molecule has 1 aromatic carbocycles. The summed E-state index contributed by atoms with van der Waals surface area (Å²) in [6.07, 6.45) is 2.89. The summed E-state index contributed by atoms with van der Waals surface area (Å²) in [4.78, 5) is 0. The Morgan fingerprint density at radius 1 is 1.08 bits per heavy atom. The number of hydrogen-bond acceptors (Lipinski definition) is 1. The maximum atomic E-state index is 12.9. The summed E-state index contributed by atoms with van der Waals surface area (Å²) in [5.41, 5.74) is 0.0213. The van der Waals surface area contributed by atoms with Crippen LogP contribution in [0, 0.1) is 17.5 Å². The largest absolute Gasteiger partial charge is 0.206 e. The van der Waals surface area contributed by atoms with E-state index in [1.165, 1.54) is 6.08 Å². The van der Waals surface area contributed by atoms with E-state index in [-0.39, 0.29) is 5.56 Å². The lowest BCUT2D eigenvalue weighted by atomic mass is 10.2. The number of thiol groups is 1. The second-order valence-corrected chi connectivity index (χ2v) is 2.74. The third kappa shape index (κ3) is 2.52. The zero-order valence-electron chi connectivity index (χ0n) is 6.60. The quantitative estimate of drug-likeness (QED) is 0.555. The molecule has 0 saturated carbocycles. The molecule has 0 N–H and O–H groups in total. The Balaban J connectivity index is 3.08. The van der Waals surface area contributed by atoms with Crippen molar-refractivity contribution in [2.24, 2.45) is 0 Å². The molecular weight excluding hydrogens is 197 g/mol. The van der Waals surface area contributed by atoms with Gasteiger partial charge < -0.3 is 0 Å². The smallest absolute Gasteiger partial charge is 0.161 e. The van der Waals surface area contributed by atoms with E-state index in [4.69, 9.17) is 0 Å². The summed E-state index contributed by atoms with van der Waals surface area (Å²) in [5.74, 6) is -2.60. The molecular formula is C9H7F3S. The average Bonchev–Trinajstić information content (AvgIpc) is 2.09. The standard InChI is InChI=1S/C9H7F3S/c10-7-5-9(12)8(11)4-6(7)2-1-3-13/h1-2,4-5,13H,3H2. The molecule has 0 bridgehead atoms. The summed E-state index contributed by atoms with van der Waals surface area (Å²) in [6.45, 7) is 0. The monoisotopic (exact) mass is 204 g/mol. The Bertz CT molecular complexity index is 334. The lowest BCUT2D eigenvalue weighted by Crippen LogP contribution is -1.90. The number of hydrogen-bond donors (Lipinski definition) is 1. The van der Waals surface area contributed by atoms with Crippen LogP contribution in [0.5, 0.6) is 0 Å². The van der Waals surface area contributed by atoms with Crippen LogP contribution in [0.15, 0.2) is 18.2 Å². The molecule has 0 amide bonds. The van der Waals surface area contributed by atoms with Crippen molar-refractivity contribution < 1.29 is 13.2 Å². The van der Waals surface area contributed by atoms with Gasteiger partial charge in [-0.1, -0.05) is 12.2 Å². The van der Waals surface area contributed by atoms with E-state index < -0.39 is 17.5 Å². The molecule has 4 heteroatoms. The highest BCUT2D eigenvalue weighted by molar-refractivity contribution is 7.80. The highest BCUT2D eigenvalue weighted by Gasteiger charge is 2.06. The molecule has 1 aromatic rings. The molecule has 0 aliphatic heterocycles.